The highest BCUT2D eigenvalue weighted by molar-refractivity contribution is 5.91. The first-order chi connectivity index (χ1) is 12.5. The first kappa shape index (κ1) is 18.3. The van der Waals surface area contributed by atoms with Gasteiger partial charge in [-0.05, 0) is 31.2 Å². The van der Waals surface area contributed by atoms with Crippen LogP contribution in [0.5, 0.6) is 0 Å². The molecular formula is C18H25N5O3. The monoisotopic (exact) mass is 359 g/mol. The van der Waals surface area contributed by atoms with Crippen LogP contribution in [-0.2, 0) is 6.42 Å². The fourth-order valence-corrected chi connectivity index (χ4v) is 3.15. The molecular weight excluding hydrogens is 334 g/mol. The summed E-state index contributed by atoms with van der Waals surface area (Å²) in [7, 11) is 0. The minimum absolute atomic E-state index is 0.134. The Morgan fingerprint density at radius 2 is 2.19 bits per heavy atom. The van der Waals surface area contributed by atoms with Gasteiger partial charge in [-0.25, -0.2) is 9.97 Å². The van der Waals surface area contributed by atoms with Crippen LogP contribution in [-0.4, -0.2) is 51.4 Å². The van der Waals surface area contributed by atoms with E-state index in [0.29, 0.717) is 24.8 Å². The van der Waals surface area contributed by atoms with E-state index < -0.39 is 5.60 Å². The average molecular weight is 359 g/mol. The number of aliphatic hydroxyl groups is 1. The second-order valence-electron chi connectivity index (χ2n) is 7.26. The Hall–Kier alpha value is -2.48. The molecule has 1 aliphatic heterocycles. The molecule has 8 nitrogen and oxygen atoms in total. The topological polar surface area (TPSA) is 104 Å². The number of hydrogen-bond donors (Lipinski definition) is 2. The Kier molecular flexibility index (Phi) is 5.51. The largest absolute Gasteiger partial charge is 0.386 e. The molecule has 3 heterocycles. The van der Waals surface area contributed by atoms with Gasteiger partial charge in [0.05, 0.1) is 17.8 Å². The first-order valence-electron chi connectivity index (χ1n) is 8.93. The van der Waals surface area contributed by atoms with Gasteiger partial charge in [0.15, 0.2) is 0 Å². The fraction of sp³-hybridized carbons (Fsp3) is 0.556. The van der Waals surface area contributed by atoms with Crippen LogP contribution in [0.4, 0.5) is 5.95 Å². The van der Waals surface area contributed by atoms with E-state index in [-0.39, 0.29) is 18.2 Å². The van der Waals surface area contributed by atoms with Gasteiger partial charge in [-0.15, -0.1) is 0 Å². The number of β-amino-alcohol motifs (C(OH)–C–C–N with tert-alkyl or cyclic N) is 1. The number of nitrogens with zero attached hydrogens (tertiary/aromatic N) is 4. The molecule has 1 amide bonds. The zero-order valence-electron chi connectivity index (χ0n) is 15.2. The summed E-state index contributed by atoms with van der Waals surface area (Å²) in [6, 6.07) is 3.41. The lowest BCUT2D eigenvalue weighted by Gasteiger charge is -2.39. The molecule has 1 atom stereocenters. The van der Waals surface area contributed by atoms with Crippen molar-refractivity contribution in [1.29, 1.82) is 0 Å². The van der Waals surface area contributed by atoms with Crippen molar-refractivity contribution in [2.45, 2.75) is 38.7 Å². The Morgan fingerprint density at radius 1 is 1.42 bits per heavy atom. The Balaban J connectivity index is 1.57. The van der Waals surface area contributed by atoms with E-state index in [9.17, 15) is 9.90 Å². The molecule has 0 bridgehead atoms. The number of nitrogens with one attached hydrogen (secondary N) is 1. The number of piperidine rings is 1. The van der Waals surface area contributed by atoms with Crippen LogP contribution in [0.25, 0.3) is 0 Å². The molecule has 1 aliphatic rings. The van der Waals surface area contributed by atoms with Crippen molar-refractivity contribution in [2.24, 2.45) is 5.92 Å². The molecule has 0 spiro atoms. The van der Waals surface area contributed by atoms with Gasteiger partial charge in [0.25, 0.3) is 5.91 Å². The van der Waals surface area contributed by atoms with Crippen LogP contribution in [0.1, 0.15) is 42.9 Å². The number of anilines is 1. The van der Waals surface area contributed by atoms with E-state index in [1.807, 2.05) is 4.90 Å². The number of rotatable bonds is 6. The Bertz CT molecular complexity index is 733. The number of amides is 1. The predicted octanol–water partition coefficient (Wildman–Crippen LogP) is 1.42. The third kappa shape index (κ3) is 4.57. The Morgan fingerprint density at radius 3 is 2.92 bits per heavy atom. The van der Waals surface area contributed by atoms with E-state index in [1.165, 1.54) is 0 Å². The molecule has 0 unspecified atom stereocenters. The highest BCUT2D eigenvalue weighted by atomic mass is 16.5. The van der Waals surface area contributed by atoms with Crippen LogP contribution in [0.3, 0.4) is 0 Å². The van der Waals surface area contributed by atoms with Crippen molar-refractivity contribution in [3.05, 3.63) is 36.0 Å². The number of hydrogen-bond acceptors (Lipinski definition) is 7. The van der Waals surface area contributed by atoms with Gasteiger partial charge in [0.1, 0.15) is 0 Å². The van der Waals surface area contributed by atoms with Crippen LogP contribution in [0.2, 0.25) is 0 Å². The highest BCUT2D eigenvalue weighted by Crippen LogP contribution is 2.23. The molecule has 1 fully saturated rings. The minimum atomic E-state index is -1.03. The van der Waals surface area contributed by atoms with Gasteiger partial charge in [-0.3, -0.25) is 4.79 Å². The third-order valence-corrected chi connectivity index (χ3v) is 4.37. The normalized spacial score (nSPS) is 20.4. The summed E-state index contributed by atoms with van der Waals surface area (Å²) in [6.45, 7) is 5.44. The van der Waals surface area contributed by atoms with Gasteiger partial charge >= 0.3 is 0 Å². The van der Waals surface area contributed by atoms with Crippen molar-refractivity contribution < 1.29 is 14.4 Å². The molecule has 26 heavy (non-hydrogen) atoms. The molecule has 0 radical (unpaired) electrons. The lowest BCUT2D eigenvalue weighted by Crippen LogP contribution is -2.54. The molecule has 0 aliphatic carbocycles. The molecule has 0 saturated carbocycles. The lowest BCUT2D eigenvalue weighted by atomic mass is 9.93. The van der Waals surface area contributed by atoms with E-state index in [1.54, 1.807) is 24.5 Å². The van der Waals surface area contributed by atoms with Gasteiger partial charge < -0.3 is 19.8 Å². The van der Waals surface area contributed by atoms with E-state index in [4.69, 9.17) is 4.52 Å². The molecule has 140 valence electrons. The molecule has 2 N–H and O–H groups in total. The summed E-state index contributed by atoms with van der Waals surface area (Å²) in [5.74, 6) is 0.827. The SMILES string of the molecule is CC(C)Cc1cc(C(=O)NC[C@]2(O)CCCN(c3ncccn3)C2)on1. The van der Waals surface area contributed by atoms with Crippen molar-refractivity contribution in [3.63, 3.8) is 0 Å². The van der Waals surface area contributed by atoms with E-state index >= 15 is 0 Å². The van der Waals surface area contributed by atoms with Gasteiger partial charge in [-0.1, -0.05) is 19.0 Å². The van der Waals surface area contributed by atoms with Gasteiger partial charge in [0, 0.05) is 31.5 Å². The zero-order valence-corrected chi connectivity index (χ0v) is 15.2. The highest BCUT2D eigenvalue weighted by Gasteiger charge is 2.35. The number of aromatic nitrogens is 3. The standard InChI is InChI=1S/C18H25N5O3/c1-13(2)9-14-10-15(26-22-14)16(24)21-11-18(25)5-3-8-23(12-18)17-19-6-4-7-20-17/h4,6-7,10,13,25H,3,5,8-9,11-12H2,1-2H3,(H,21,24)/t18-/m1/s1. The maximum atomic E-state index is 12.3. The van der Waals surface area contributed by atoms with Crippen molar-refractivity contribution in [3.8, 4) is 0 Å². The average Bonchev–Trinajstić information content (AvgIpc) is 3.08. The zero-order chi connectivity index (χ0) is 18.6. The maximum absolute atomic E-state index is 12.3. The van der Waals surface area contributed by atoms with Crippen LogP contribution < -0.4 is 10.2 Å². The molecule has 2 aromatic heterocycles. The smallest absolute Gasteiger partial charge is 0.290 e. The summed E-state index contributed by atoms with van der Waals surface area (Å²) in [4.78, 5) is 22.7. The van der Waals surface area contributed by atoms with E-state index in [0.717, 1.165) is 25.1 Å². The Labute approximate surface area is 152 Å². The molecule has 1 saturated heterocycles. The molecule has 2 aromatic rings. The first-order valence-corrected chi connectivity index (χ1v) is 8.93. The fourth-order valence-electron chi connectivity index (χ4n) is 3.15. The minimum Gasteiger partial charge on any atom is -0.386 e. The summed E-state index contributed by atoms with van der Waals surface area (Å²) in [5.41, 5.74) is -0.276. The summed E-state index contributed by atoms with van der Waals surface area (Å²) >= 11 is 0. The quantitative estimate of drug-likeness (QED) is 0.804. The molecule has 3 rings (SSSR count). The second-order valence-corrected chi connectivity index (χ2v) is 7.26. The second kappa shape index (κ2) is 7.82. The number of carbonyl (C=O) groups is 1. The van der Waals surface area contributed by atoms with Crippen molar-refractivity contribution >= 4 is 11.9 Å². The lowest BCUT2D eigenvalue weighted by molar-refractivity contribution is 0.0248. The third-order valence-electron chi connectivity index (χ3n) is 4.37. The maximum Gasteiger partial charge on any atom is 0.290 e. The summed E-state index contributed by atoms with van der Waals surface area (Å²) in [5, 5.41) is 17.5. The van der Waals surface area contributed by atoms with Crippen molar-refractivity contribution in [2.75, 3.05) is 24.5 Å². The molecule has 8 heteroatoms. The van der Waals surface area contributed by atoms with Crippen LogP contribution in [0.15, 0.2) is 29.0 Å². The predicted molar refractivity (Wildman–Crippen MR) is 95.8 cm³/mol. The van der Waals surface area contributed by atoms with E-state index in [2.05, 4.69) is 34.3 Å². The summed E-state index contributed by atoms with van der Waals surface area (Å²) in [6.07, 6.45) is 5.51. The number of carbonyl (C=O) groups excluding carboxylic acids is 1. The molecule has 0 aromatic carbocycles. The van der Waals surface area contributed by atoms with Crippen molar-refractivity contribution in [1.82, 2.24) is 20.4 Å². The summed E-state index contributed by atoms with van der Waals surface area (Å²) < 4.78 is 5.12. The van der Waals surface area contributed by atoms with Gasteiger partial charge in [-0.2, -0.15) is 0 Å². The van der Waals surface area contributed by atoms with Gasteiger partial charge in [0.2, 0.25) is 11.7 Å². The van der Waals surface area contributed by atoms with Crippen LogP contribution in [0, 0.1) is 5.92 Å². The van der Waals surface area contributed by atoms with Crippen LogP contribution >= 0.6 is 0 Å².